The molecule has 0 spiro atoms. The highest BCUT2D eigenvalue weighted by Gasteiger charge is 2.13. The van der Waals surface area contributed by atoms with Crippen molar-refractivity contribution >= 4 is 33.2 Å². The second-order valence-corrected chi connectivity index (χ2v) is 6.43. The van der Waals surface area contributed by atoms with Crippen LogP contribution in [0.1, 0.15) is 11.3 Å². The van der Waals surface area contributed by atoms with Gasteiger partial charge >= 0.3 is 0 Å². The molecule has 0 bridgehead atoms. The first kappa shape index (κ1) is 15.1. The van der Waals surface area contributed by atoms with Crippen LogP contribution >= 0.6 is 27.3 Å². The summed E-state index contributed by atoms with van der Waals surface area (Å²) < 4.78 is 26.9. The molecule has 0 fully saturated rings. The summed E-state index contributed by atoms with van der Waals surface area (Å²) in [6.07, 6.45) is 0.163. The topological polar surface area (TPSA) is 33.2 Å². The van der Waals surface area contributed by atoms with Gasteiger partial charge in [0.15, 0.2) is 3.92 Å². The molecule has 0 aliphatic carbocycles. The minimum Gasteiger partial charge on any atom is -0.341 e. The van der Waals surface area contributed by atoms with Crippen molar-refractivity contribution in [2.45, 2.75) is 13.0 Å². The lowest BCUT2D eigenvalue weighted by molar-refractivity contribution is -0.129. The van der Waals surface area contributed by atoms with E-state index in [2.05, 4.69) is 20.9 Å². The third kappa shape index (κ3) is 4.08. The molecule has 1 aromatic carbocycles. The molecule has 0 N–H and O–H groups in total. The standard InChI is InChI=1S/C13H11BrF2N2OS/c1-18(6-8-2-9(15)4-10(16)3-8)12(19)5-11-7-20-13(14)17-11/h2-4,7H,5-6H2,1H3. The fourth-order valence-corrected chi connectivity index (χ4v) is 2.77. The van der Waals surface area contributed by atoms with Gasteiger partial charge in [-0.3, -0.25) is 4.79 Å². The minimum absolute atomic E-state index is 0.152. The lowest BCUT2D eigenvalue weighted by Crippen LogP contribution is -2.27. The fraction of sp³-hybridized carbons (Fsp3) is 0.231. The molecule has 0 aliphatic heterocycles. The maximum atomic E-state index is 13.1. The smallest absolute Gasteiger partial charge is 0.228 e. The van der Waals surface area contributed by atoms with Gasteiger partial charge in [-0.05, 0) is 33.6 Å². The molecule has 7 heteroatoms. The first-order valence-electron chi connectivity index (χ1n) is 5.73. The largest absolute Gasteiger partial charge is 0.341 e. The van der Waals surface area contributed by atoms with Crippen LogP contribution in [0.25, 0.3) is 0 Å². The average molecular weight is 361 g/mol. The van der Waals surface area contributed by atoms with Crippen LogP contribution in [-0.2, 0) is 17.8 Å². The summed E-state index contributed by atoms with van der Waals surface area (Å²) in [5.74, 6) is -1.46. The number of hydrogen-bond acceptors (Lipinski definition) is 3. The molecule has 20 heavy (non-hydrogen) atoms. The maximum absolute atomic E-state index is 13.1. The van der Waals surface area contributed by atoms with Crippen molar-refractivity contribution in [2.24, 2.45) is 0 Å². The number of carbonyl (C=O) groups is 1. The van der Waals surface area contributed by atoms with Gasteiger partial charge in [0.05, 0.1) is 12.1 Å². The molecule has 0 radical (unpaired) electrons. The van der Waals surface area contributed by atoms with E-state index in [0.717, 1.165) is 9.98 Å². The molecule has 1 aromatic heterocycles. The van der Waals surface area contributed by atoms with E-state index in [1.807, 2.05) is 0 Å². The van der Waals surface area contributed by atoms with Gasteiger partial charge in [-0.25, -0.2) is 13.8 Å². The number of likely N-dealkylation sites (N-methyl/N-ethyl adjacent to an activating group) is 1. The van der Waals surface area contributed by atoms with Gasteiger partial charge in [0.2, 0.25) is 5.91 Å². The van der Waals surface area contributed by atoms with Crippen LogP contribution in [0, 0.1) is 11.6 Å². The Morgan fingerprint density at radius 2 is 2.00 bits per heavy atom. The molecular weight excluding hydrogens is 350 g/mol. The van der Waals surface area contributed by atoms with E-state index in [1.54, 1.807) is 12.4 Å². The monoisotopic (exact) mass is 360 g/mol. The quantitative estimate of drug-likeness (QED) is 0.837. The third-order valence-corrected chi connectivity index (χ3v) is 4.04. The van der Waals surface area contributed by atoms with E-state index in [0.29, 0.717) is 11.3 Å². The van der Waals surface area contributed by atoms with Gasteiger partial charge in [-0.1, -0.05) is 0 Å². The van der Waals surface area contributed by atoms with E-state index < -0.39 is 11.6 Å². The van der Waals surface area contributed by atoms with Crippen molar-refractivity contribution < 1.29 is 13.6 Å². The van der Waals surface area contributed by atoms with Crippen molar-refractivity contribution in [3.63, 3.8) is 0 Å². The number of aromatic nitrogens is 1. The lowest BCUT2D eigenvalue weighted by atomic mass is 10.2. The molecule has 3 nitrogen and oxygen atoms in total. The molecule has 1 heterocycles. The second-order valence-electron chi connectivity index (χ2n) is 4.30. The molecule has 0 saturated heterocycles. The van der Waals surface area contributed by atoms with Crippen LogP contribution in [0.3, 0.4) is 0 Å². The van der Waals surface area contributed by atoms with Gasteiger partial charge in [0.1, 0.15) is 11.6 Å². The highest BCUT2D eigenvalue weighted by atomic mass is 79.9. The summed E-state index contributed by atoms with van der Waals surface area (Å²) in [6.45, 7) is 0.152. The van der Waals surface area contributed by atoms with Gasteiger partial charge < -0.3 is 4.90 Å². The Hall–Kier alpha value is -1.34. The number of hydrogen-bond donors (Lipinski definition) is 0. The third-order valence-electron chi connectivity index (χ3n) is 2.62. The zero-order chi connectivity index (χ0) is 14.7. The second kappa shape index (κ2) is 6.41. The number of amides is 1. The Labute approximate surface area is 127 Å². The lowest BCUT2D eigenvalue weighted by Gasteiger charge is -2.16. The molecule has 0 atom stereocenters. The summed E-state index contributed by atoms with van der Waals surface area (Å²) in [6, 6.07) is 3.23. The molecular formula is C13H11BrF2N2OS. The summed E-state index contributed by atoms with van der Waals surface area (Å²) >= 11 is 4.63. The predicted molar refractivity (Wildman–Crippen MR) is 76.4 cm³/mol. The van der Waals surface area contributed by atoms with E-state index in [-0.39, 0.29) is 18.9 Å². The molecule has 0 aliphatic rings. The normalized spacial score (nSPS) is 10.6. The van der Waals surface area contributed by atoms with E-state index >= 15 is 0 Å². The van der Waals surface area contributed by atoms with Crippen LogP contribution < -0.4 is 0 Å². The van der Waals surface area contributed by atoms with Crippen molar-refractivity contribution in [2.75, 3.05) is 7.05 Å². The Bertz CT molecular complexity index is 612. The van der Waals surface area contributed by atoms with E-state index in [9.17, 15) is 13.6 Å². The number of rotatable bonds is 4. The van der Waals surface area contributed by atoms with Crippen molar-refractivity contribution in [3.05, 3.63) is 50.4 Å². The highest BCUT2D eigenvalue weighted by molar-refractivity contribution is 9.11. The van der Waals surface area contributed by atoms with Crippen LogP contribution in [0.4, 0.5) is 8.78 Å². The SMILES string of the molecule is CN(Cc1cc(F)cc(F)c1)C(=O)Cc1csc(Br)n1. The Balaban J connectivity index is 2.00. The minimum atomic E-state index is -0.649. The summed E-state index contributed by atoms with van der Waals surface area (Å²) in [5, 5.41) is 1.79. The fourth-order valence-electron chi connectivity index (χ4n) is 1.72. The van der Waals surface area contributed by atoms with Crippen LogP contribution in [0.2, 0.25) is 0 Å². The van der Waals surface area contributed by atoms with Crippen molar-refractivity contribution in [1.82, 2.24) is 9.88 Å². The molecule has 0 unspecified atom stereocenters. The van der Waals surface area contributed by atoms with Crippen molar-refractivity contribution in [3.8, 4) is 0 Å². The Kier molecular flexibility index (Phi) is 4.82. The molecule has 2 rings (SSSR count). The summed E-state index contributed by atoms with van der Waals surface area (Å²) in [4.78, 5) is 17.5. The van der Waals surface area contributed by atoms with E-state index in [4.69, 9.17) is 0 Å². The number of carbonyl (C=O) groups excluding carboxylic acids is 1. The number of benzene rings is 1. The van der Waals surface area contributed by atoms with Crippen molar-refractivity contribution in [1.29, 1.82) is 0 Å². The molecule has 2 aromatic rings. The summed E-state index contributed by atoms with van der Waals surface area (Å²) in [5.41, 5.74) is 1.09. The van der Waals surface area contributed by atoms with E-state index in [1.165, 1.54) is 28.4 Å². The zero-order valence-electron chi connectivity index (χ0n) is 10.6. The summed E-state index contributed by atoms with van der Waals surface area (Å²) in [7, 11) is 1.59. The predicted octanol–water partition coefficient (Wildman–Crippen LogP) is 3.38. The molecule has 1 amide bonds. The maximum Gasteiger partial charge on any atom is 0.228 e. The van der Waals surface area contributed by atoms with Gasteiger partial charge in [-0.15, -0.1) is 11.3 Å². The molecule has 0 saturated carbocycles. The number of nitrogens with zero attached hydrogens (tertiary/aromatic N) is 2. The zero-order valence-corrected chi connectivity index (χ0v) is 13.0. The number of thiazole rings is 1. The highest BCUT2D eigenvalue weighted by Crippen LogP contribution is 2.17. The van der Waals surface area contributed by atoms with Crippen LogP contribution in [-0.4, -0.2) is 22.8 Å². The van der Waals surface area contributed by atoms with Gasteiger partial charge in [0.25, 0.3) is 0 Å². The van der Waals surface area contributed by atoms with Crippen LogP contribution in [0.15, 0.2) is 27.5 Å². The Morgan fingerprint density at radius 3 is 2.55 bits per heavy atom. The Morgan fingerprint density at radius 1 is 1.35 bits per heavy atom. The first-order chi connectivity index (χ1) is 9.44. The van der Waals surface area contributed by atoms with Gasteiger partial charge in [-0.2, -0.15) is 0 Å². The molecule has 106 valence electrons. The number of halogens is 3. The average Bonchev–Trinajstić information content (AvgIpc) is 2.73. The van der Waals surface area contributed by atoms with Crippen LogP contribution in [0.5, 0.6) is 0 Å². The van der Waals surface area contributed by atoms with Gasteiger partial charge in [0, 0.05) is 25.0 Å². The first-order valence-corrected chi connectivity index (χ1v) is 7.40.